The van der Waals surface area contributed by atoms with Crippen LogP contribution in [0.15, 0.2) is 30.3 Å². The van der Waals surface area contributed by atoms with E-state index >= 15 is 0 Å². The van der Waals surface area contributed by atoms with Crippen molar-refractivity contribution in [1.29, 1.82) is 0 Å². The number of amides is 2. The smallest absolute Gasteiger partial charge is 0.408 e. The summed E-state index contributed by atoms with van der Waals surface area (Å²) in [4.78, 5) is 47.1. The number of hydrogen-bond donors (Lipinski definition) is 2. The molecule has 0 aliphatic heterocycles. The normalized spacial score (nSPS) is 12.4. The van der Waals surface area contributed by atoms with E-state index in [1.165, 1.54) is 6.92 Å². The predicted octanol–water partition coefficient (Wildman–Crippen LogP) is 0.938. The van der Waals surface area contributed by atoms with Gasteiger partial charge in [0.25, 0.3) is 0 Å². The van der Waals surface area contributed by atoms with Crippen LogP contribution in [-0.2, 0) is 30.5 Å². The molecular formula is C17H22N2O6. The van der Waals surface area contributed by atoms with Crippen LogP contribution in [-0.4, -0.2) is 42.9 Å². The molecule has 0 fully saturated rings. The first-order valence-electron chi connectivity index (χ1n) is 7.77. The molecule has 0 saturated heterocycles. The fraction of sp³-hybridized carbons (Fsp3) is 0.412. The Balaban J connectivity index is 2.52. The summed E-state index contributed by atoms with van der Waals surface area (Å²) in [7, 11) is 1.12. The standard InChI is InChI=1S/C17H22N2O6/c1-4-13(20)14(16(22)24-3)19-15(21)11(2)18-17(23)25-10-12-8-6-5-7-9-12/h5-9,11,14H,4,10H2,1-3H3,(H,18,23)(H,19,21)/t11-,14?/m0/s1. The van der Waals surface area contributed by atoms with E-state index in [1.54, 1.807) is 19.1 Å². The van der Waals surface area contributed by atoms with Crippen molar-refractivity contribution in [2.24, 2.45) is 0 Å². The average molecular weight is 350 g/mol. The lowest BCUT2D eigenvalue weighted by Gasteiger charge is -2.18. The molecule has 0 radical (unpaired) electrons. The van der Waals surface area contributed by atoms with Crippen molar-refractivity contribution in [2.45, 2.75) is 39.0 Å². The number of rotatable bonds is 8. The second kappa shape index (κ2) is 10.1. The van der Waals surface area contributed by atoms with Crippen LogP contribution in [0.1, 0.15) is 25.8 Å². The highest BCUT2D eigenvalue weighted by molar-refractivity contribution is 6.06. The Hall–Kier alpha value is -2.90. The SMILES string of the molecule is CCC(=O)C(NC(=O)[C@H](C)NC(=O)OCc1ccccc1)C(=O)OC. The lowest BCUT2D eigenvalue weighted by molar-refractivity contribution is -0.148. The molecule has 1 rings (SSSR count). The van der Waals surface area contributed by atoms with Crippen LogP contribution in [0, 0.1) is 0 Å². The Morgan fingerprint density at radius 2 is 1.72 bits per heavy atom. The first-order valence-corrected chi connectivity index (χ1v) is 7.77. The van der Waals surface area contributed by atoms with Crippen LogP contribution in [0.5, 0.6) is 0 Å². The van der Waals surface area contributed by atoms with E-state index in [-0.39, 0.29) is 13.0 Å². The minimum atomic E-state index is -1.40. The van der Waals surface area contributed by atoms with Crippen molar-refractivity contribution < 1.29 is 28.7 Å². The zero-order chi connectivity index (χ0) is 18.8. The van der Waals surface area contributed by atoms with Crippen molar-refractivity contribution in [3.63, 3.8) is 0 Å². The molecule has 8 nitrogen and oxygen atoms in total. The van der Waals surface area contributed by atoms with Gasteiger partial charge in [0.15, 0.2) is 11.8 Å². The van der Waals surface area contributed by atoms with E-state index in [0.29, 0.717) is 0 Å². The number of carbonyl (C=O) groups is 4. The van der Waals surface area contributed by atoms with Gasteiger partial charge in [-0.15, -0.1) is 0 Å². The molecule has 0 aromatic heterocycles. The van der Waals surface area contributed by atoms with E-state index in [4.69, 9.17) is 4.74 Å². The summed E-state index contributed by atoms with van der Waals surface area (Å²) in [5, 5.41) is 4.60. The minimum Gasteiger partial charge on any atom is -0.467 e. The summed E-state index contributed by atoms with van der Waals surface area (Å²) < 4.78 is 9.50. The number of methoxy groups -OCH3 is 1. The number of Topliss-reactive ketones (excluding diaryl/α,β-unsaturated/α-hetero) is 1. The van der Waals surface area contributed by atoms with Crippen molar-refractivity contribution >= 4 is 23.8 Å². The van der Waals surface area contributed by atoms with Gasteiger partial charge in [-0.2, -0.15) is 0 Å². The fourth-order valence-electron chi connectivity index (χ4n) is 1.87. The number of ketones is 1. The molecule has 2 atom stereocenters. The molecule has 25 heavy (non-hydrogen) atoms. The topological polar surface area (TPSA) is 111 Å². The van der Waals surface area contributed by atoms with Crippen molar-refractivity contribution in [1.82, 2.24) is 10.6 Å². The van der Waals surface area contributed by atoms with Crippen molar-refractivity contribution in [3.05, 3.63) is 35.9 Å². The van der Waals surface area contributed by atoms with E-state index < -0.39 is 35.8 Å². The second-order valence-electron chi connectivity index (χ2n) is 5.21. The van der Waals surface area contributed by atoms with Crippen molar-refractivity contribution in [2.75, 3.05) is 7.11 Å². The Kier molecular flexibility index (Phi) is 8.11. The molecule has 0 bridgehead atoms. The van der Waals surface area contributed by atoms with Gasteiger partial charge in [-0.25, -0.2) is 9.59 Å². The molecule has 0 saturated carbocycles. The van der Waals surface area contributed by atoms with Gasteiger partial charge in [0, 0.05) is 6.42 Å². The molecule has 1 aromatic carbocycles. The Morgan fingerprint density at radius 1 is 1.08 bits per heavy atom. The Labute approximate surface area is 145 Å². The minimum absolute atomic E-state index is 0.0557. The molecule has 0 spiro atoms. The molecule has 8 heteroatoms. The van der Waals surface area contributed by atoms with E-state index in [9.17, 15) is 19.2 Å². The first kappa shape index (κ1) is 20.1. The quantitative estimate of drug-likeness (QED) is 0.533. The van der Waals surface area contributed by atoms with E-state index in [2.05, 4.69) is 15.4 Å². The van der Waals surface area contributed by atoms with Gasteiger partial charge in [0.1, 0.15) is 12.6 Å². The molecule has 2 N–H and O–H groups in total. The number of alkyl carbamates (subject to hydrolysis) is 1. The maximum Gasteiger partial charge on any atom is 0.408 e. The molecule has 1 aromatic rings. The number of benzene rings is 1. The lowest BCUT2D eigenvalue weighted by atomic mass is 10.1. The molecule has 2 amide bonds. The Bertz CT molecular complexity index is 601. The summed E-state index contributed by atoms with van der Waals surface area (Å²) in [5.74, 6) is -2.05. The van der Waals surface area contributed by atoms with Crippen molar-refractivity contribution in [3.8, 4) is 0 Å². The average Bonchev–Trinajstić information content (AvgIpc) is 2.63. The van der Waals surface area contributed by atoms with Gasteiger partial charge in [0.2, 0.25) is 5.91 Å². The highest BCUT2D eigenvalue weighted by Crippen LogP contribution is 2.01. The third-order valence-corrected chi connectivity index (χ3v) is 3.33. The predicted molar refractivity (Wildman–Crippen MR) is 88.5 cm³/mol. The maximum atomic E-state index is 12.1. The van der Waals surface area contributed by atoms with Crippen LogP contribution in [0.3, 0.4) is 0 Å². The molecule has 0 heterocycles. The third kappa shape index (κ3) is 6.62. The largest absolute Gasteiger partial charge is 0.467 e. The Morgan fingerprint density at radius 3 is 2.28 bits per heavy atom. The van der Waals surface area contributed by atoms with Gasteiger partial charge in [0.05, 0.1) is 7.11 Å². The third-order valence-electron chi connectivity index (χ3n) is 3.33. The molecular weight excluding hydrogens is 328 g/mol. The zero-order valence-electron chi connectivity index (χ0n) is 14.4. The van der Waals surface area contributed by atoms with Crippen LogP contribution in [0.2, 0.25) is 0 Å². The zero-order valence-corrected chi connectivity index (χ0v) is 14.4. The van der Waals surface area contributed by atoms with E-state index in [1.807, 2.05) is 18.2 Å². The highest BCUT2D eigenvalue weighted by atomic mass is 16.5. The fourth-order valence-corrected chi connectivity index (χ4v) is 1.87. The second-order valence-corrected chi connectivity index (χ2v) is 5.21. The highest BCUT2D eigenvalue weighted by Gasteiger charge is 2.30. The molecule has 0 aliphatic carbocycles. The molecule has 1 unspecified atom stereocenters. The summed E-state index contributed by atoms with van der Waals surface area (Å²) in [6.45, 7) is 3.02. The number of nitrogens with one attached hydrogen (secondary N) is 2. The number of carbonyl (C=O) groups excluding carboxylic acids is 4. The van der Waals surface area contributed by atoms with Crippen LogP contribution < -0.4 is 10.6 Å². The summed E-state index contributed by atoms with van der Waals surface area (Å²) in [6, 6.07) is 6.65. The molecule has 136 valence electrons. The van der Waals surface area contributed by atoms with Crippen LogP contribution >= 0.6 is 0 Å². The first-order chi connectivity index (χ1) is 11.9. The van der Waals surface area contributed by atoms with Gasteiger partial charge in [-0.05, 0) is 12.5 Å². The summed E-state index contributed by atoms with van der Waals surface area (Å²) in [6.07, 6.45) is -0.732. The van der Waals surface area contributed by atoms with Crippen LogP contribution in [0.4, 0.5) is 4.79 Å². The number of hydrogen-bond acceptors (Lipinski definition) is 6. The number of esters is 1. The summed E-state index contributed by atoms with van der Waals surface area (Å²) >= 11 is 0. The van der Waals surface area contributed by atoms with E-state index in [0.717, 1.165) is 12.7 Å². The monoisotopic (exact) mass is 350 g/mol. The summed E-state index contributed by atoms with van der Waals surface area (Å²) in [5.41, 5.74) is 0.800. The van der Waals surface area contributed by atoms with Gasteiger partial charge < -0.3 is 20.1 Å². The van der Waals surface area contributed by atoms with Gasteiger partial charge >= 0.3 is 12.1 Å². The number of ether oxygens (including phenoxy) is 2. The molecule has 0 aliphatic rings. The maximum absolute atomic E-state index is 12.1. The lowest BCUT2D eigenvalue weighted by Crippen LogP contribution is -2.53. The van der Waals surface area contributed by atoms with Gasteiger partial charge in [-0.3, -0.25) is 9.59 Å². The van der Waals surface area contributed by atoms with Crippen LogP contribution in [0.25, 0.3) is 0 Å². The van der Waals surface area contributed by atoms with Gasteiger partial charge in [-0.1, -0.05) is 37.3 Å².